The molecule has 1 aliphatic rings. The molecule has 0 saturated heterocycles. The quantitative estimate of drug-likeness (QED) is 0.796. The lowest BCUT2D eigenvalue weighted by molar-refractivity contribution is -0.142. The maximum atomic E-state index is 11.9. The number of urea groups is 1. The molecule has 6 nitrogen and oxygen atoms in total. The Bertz CT molecular complexity index is 501. The second kappa shape index (κ2) is 6.21. The average Bonchev–Trinajstić information content (AvgIpc) is 2.97. The van der Waals surface area contributed by atoms with Gasteiger partial charge in [0.1, 0.15) is 0 Å². The molecule has 3 N–H and O–H groups in total. The van der Waals surface area contributed by atoms with E-state index in [1.54, 1.807) is 0 Å². The number of aliphatic carboxylic acids is 1. The molecule has 2 rings (SSSR count). The smallest absolute Gasteiger partial charge is 0.321 e. The van der Waals surface area contributed by atoms with Crippen LogP contribution < -0.4 is 10.6 Å². The highest BCUT2D eigenvalue weighted by Gasteiger charge is 2.33. The lowest BCUT2D eigenvalue weighted by Gasteiger charge is -2.17. The highest BCUT2D eigenvalue weighted by Crippen LogP contribution is 2.26. The van der Waals surface area contributed by atoms with Crippen LogP contribution in [0.5, 0.6) is 0 Å². The number of nitrogens with zero attached hydrogens (tertiary/aromatic N) is 1. The summed E-state index contributed by atoms with van der Waals surface area (Å²) in [4.78, 5) is 27.2. The largest absolute Gasteiger partial charge is 0.481 e. The molecular weight excluding hydrogens is 278 g/mol. The van der Waals surface area contributed by atoms with Gasteiger partial charge in [0.2, 0.25) is 0 Å². The molecule has 2 amide bonds. The normalized spacial score (nSPS) is 21.9. The van der Waals surface area contributed by atoms with Crippen LogP contribution in [0.1, 0.15) is 44.7 Å². The van der Waals surface area contributed by atoms with Gasteiger partial charge in [-0.25, -0.2) is 9.78 Å². The molecule has 7 heteroatoms. The van der Waals surface area contributed by atoms with E-state index in [1.807, 2.05) is 19.2 Å². The number of thiazole rings is 1. The number of hydrogen-bond donors (Lipinski definition) is 3. The van der Waals surface area contributed by atoms with Crippen molar-refractivity contribution in [3.05, 3.63) is 11.1 Å². The fraction of sp³-hybridized carbons (Fsp3) is 0.615. The van der Waals surface area contributed by atoms with Gasteiger partial charge in [-0.1, -0.05) is 20.3 Å². The Hall–Kier alpha value is -1.63. The fourth-order valence-electron chi connectivity index (χ4n) is 2.34. The zero-order chi connectivity index (χ0) is 14.7. The van der Waals surface area contributed by atoms with E-state index in [2.05, 4.69) is 15.6 Å². The average molecular weight is 297 g/mol. The number of hydrogen-bond acceptors (Lipinski definition) is 4. The van der Waals surface area contributed by atoms with Crippen LogP contribution in [0, 0.1) is 5.92 Å². The molecule has 1 aromatic rings. The summed E-state index contributed by atoms with van der Waals surface area (Å²) in [6.07, 6.45) is 2.16. The van der Waals surface area contributed by atoms with Crippen LogP contribution in [0.2, 0.25) is 0 Å². The Kier molecular flexibility index (Phi) is 4.59. The van der Waals surface area contributed by atoms with Gasteiger partial charge < -0.3 is 10.4 Å². The van der Waals surface area contributed by atoms with Gasteiger partial charge in [0.25, 0.3) is 0 Å². The molecule has 110 valence electrons. The molecule has 2 unspecified atom stereocenters. The van der Waals surface area contributed by atoms with Crippen LogP contribution in [0.3, 0.4) is 0 Å². The van der Waals surface area contributed by atoms with Crippen molar-refractivity contribution in [2.45, 2.75) is 45.1 Å². The van der Waals surface area contributed by atoms with Gasteiger partial charge in [0.05, 0.1) is 11.6 Å². The summed E-state index contributed by atoms with van der Waals surface area (Å²) in [7, 11) is 0. The molecular formula is C13H19N3O3S. The molecule has 0 aromatic carbocycles. The molecule has 0 aliphatic heterocycles. The summed E-state index contributed by atoms with van der Waals surface area (Å²) in [5, 5.41) is 16.9. The molecule has 1 aliphatic carbocycles. The molecule has 1 fully saturated rings. The molecule has 2 atom stereocenters. The van der Waals surface area contributed by atoms with E-state index in [1.165, 1.54) is 11.3 Å². The number of carbonyl (C=O) groups is 2. The second-order valence-electron chi connectivity index (χ2n) is 5.31. The molecule has 20 heavy (non-hydrogen) atoms. The van der Waals surface area contributed by atoms with Gasteiger partial charge in [-0.2, -0.15) is 0 Å². The van der Waals surface area contributed by atoms with E-state index >= 15 is 0 Å². The number of rotatable bonds is 4. The Labute approximate surface area is 121 Å². The standard InChI is InChI=1S/C13H19N3O3S/c1-7(2)10-6-20-13(15-10)16-12(19)14-9-5-3-4-8(9)11(17)18/h6-9H,3-5H2,1-2H3,(H,17,18)(H2,14,15,16,19). The van der Waals surface area contributed by atoms with E-state index in [0.29, 0.717) is 23.9 Å². The molecule has 0 radical (unpaired) electrons. The molecule has 0 spiro atoms. The van der Waals surface area contributed by atoms with Gasteiger partial charge in [-0.3, -0.25) is 10.1 Å². The zero-order valence-electron chi connectivity index (χ0n) is 11.5. The lowest BCUT2D eigenvalue weighted by Crippen LogP contribution is -2.42. The summed E-state index contributed by atoms with van der Waals surface area (Å²) in [5.41, 5.74) is 0.939. The van der Waals surface area contributed by atoms with Gasteiger partial charge in [-0.05, 0) is 18.8 Å². The number of carbonyl (C=O) groups excluding carboxylic acids is 1. The van der Waals surface area contributed by atoms with Crippen molar-refractivity contribution < 1.29 is 14.7 Å². The lowest BCUT2D eigenvalue weighted by atomic mass is 10.0. The van der Waals surface area contributed by atoms with E-state index in [-0.39, 0.29) is 12.1 Å². The van der Waals surface area contributed by atoms with Crippen LogP contribution in [0.15, 0.2) is 5.38 Å². The third kappa shape index (κ3) is 3.47. The summed E-state index contributed by atoms with van der Waals surface area (Å²) >= 11 is 1.37. The molecule has 0 bridgehead atoms. The zero-order valence-corrected chi connectivity index (χ0v) is 12.4. The predicted octanol–water partition coefficient (Wildman–Crippen LogP) is 2.64. The van der Waals surface area contributed by atoms with Crippen molar-refractivity contribution in [3.63, 3.8) is 0 Å². The first-order chi connectivity index (χ1) is 9.47. The summed E-state index contributed by atoms with van der Waals surface area (Å²) < 4.78 is 0. The van der Waals surface area contributed by atoms with E-state index in [0.717, 1.165) is 12.1 Å². The highest BCUT2D eigenvalue weighted by molar-refractivity contribution is 7.13. The van der Waals surface area contributed by atoms with Crippen molar-refractivity contribution in [2.75, 3.05) is 5.32 Å². The van der Waals surface area contributed by atoms with Crippen molar-refractivity contribution in [2.24, 2.45) is 5.92 Å². The monoisotopic (exact) mass is 297 g/mol. The van der Waals surface area contributed by atoms with Crippen LogP contribution >= 0.6 is 11.3 Å². The SMILES string of the molecule is CC(C)c1csc(NC(=O)NC2CCCC2C(=O)O)n1. The number of amides is 2. The van der Waals surface area contributed by atoms with E-state index < -0.39 is 11.9 Å². The fourth-order valence-corrected chi connectivity index (χ4v) is 3.21. The first kappa shape index (κ1) is 14.8. The predicted molar refractivity (Wildman–Crippen MR) is 77.1 cm³/mol. The van der Waals surface area contributed by atoms with Gasteiger partial charge in [0.15, 0.2) is 5.13 Å². The Morgan fingerprint density at radius 2 is 2.20 bits per heavy atom. The molecule has 1 saturated carbocycles. The van der Waals surface area contributed by atoms with E-state index in [4.69, 9.17) is 5.11 Å². The third-order valence-electron chi connectivity index (χ3n) is 3.48. The Morgan fingerprint density at radius 3 is 2.80 bits per heavy atom. The van der Waals surface area contributed by atoms with Crippen LogP contribution in [0.25, 0.3) is 0 Å². The first-order valence-electron chi connectivity index (χ1n) is 6.73. The van der Waals surface area contributed by atoms with Crippen LogP contribution in [0.4, 0.5) is 9.93 Å². The minimum Gasteiger partial charge on any atom is -0.481 e. The maximum Gasteiger partial charge on any atom is 0.321 e. The van der Waals surface area contributed by atoms with E-state index in [9.17, 15) is 9.59 Å². The second-order valence-corrected chi connectivity index (χ2v) is 6.17. The van der Waals surface area contributed by atoms with Gasteiger partial charge >= 0.3 is 12.0 Å². The van der Waals surface area contributed by atoms with Crippen molar-refractivity contribution >= 4 is 28.5 Å². The van der Waals surface area contributed by atoms with Gasteiger partial charge in [0, 0.05) is 11.4 Å². The number of anilines is 1. The topological polar surface area (TPSA) is 91.3 Å². The van der Waals surface area contributed by atoms with Crippen molar-refractivity contribution in [1.29, 1.82) is 0 Å². The Balaban J connectivity index is 1.90. The Morgan fingerprint density at radius 1 is 1.45 bits per heavy atom. The highest BCUT2D eigenvalue weighted by atomic mass is 32.1. The summed E-state index contributed by atoms with van der Waals surface area (Å²) in [5.74, 6) is -1.01. The van der Waals surface area contributed by atoms with Crippen LogP contribution in [-0.2, 0) is 4.79 Å². The minimum absolute atomic E-state index is 0.294. The third-order valence-corrected chi connectivity index (χ3v) is 4.26. The van der Waals surface area contributed by atoms with Crippen molar-refractivity contribution in [1.82, 2.24) is 10.3 Å². The van der Waals surface area contributed by atoms with Crippen LogP contribution in [-0.4, -0.2) is 28.1 Å². The number of carboxylic acids is 1. The number of carboxylic acid groups (broad SMARTS) is 1. The number of nitrogens with one attached hydrogen (secondary N) is 2. The van der Waals surface area contributed by atoms with Gasteiger partial charge in [-0.15, -0.1) is 11.3 Å². The number of aromatic nitrogens is 1. The minimum atomic E-state index is -0.843. The molecule has 1 aromatic heterocycles. The van der Waals surface area contributed by atoms with Crippen molar-refractivity contribution in [3.8, 4) is 0 Å². The summed E-state index contributed by atoms with van der Waals surface area (Å²) in [6, 6.07) is -0.676. The molecule has 1 heterocycles. The summed E-state index contributed by atoms with van der Waals surface area (Å²) in [6.45, 7) is 4.07. The first-order valence-corrected chi connectivity index (χ1v) is 7.61. The maximum absolute atomic E-state index is 11.9.